The zero-order valence-electron chi connectivity index (χ0n) is 80.4. The lowest BCUT2D eigenvalue weighted by Crippen LogP contribution is -2.38. The van der Waals surface area contributed by atoms with E-state index in [4.69, 9.17) is 99.3 Å². The third-order valence-electron chi connectivity index (χ3n) is 18.5. The van der Waals surface area contributed by atoms with E-state index in [0.29, 0.717) is 122 Å². The number of nitrogens with zero attached hydrogens (tertiary/aromatic N) is 4. The number of halogens is 8. The highest BCUT2D eigenvalue weighted by Gasteiger charge is 2.27. The lowest BCUT2D eigenvalue weighted by Gasteiger charge is -2.27. The number of rotatable bonds is 43. The molecule has 0 aliphatic rings. The fourth-order valence-corrected chi connectivity index (χ4v) is 16.3. The molecule has 0 fully saturated rings. The summed E-state index contributed by atoms with van der Waals surface area (Å²) in [4.78, 5) is 112. The number of ether oxygens (including phenoxy) is 3. The van der Waals surface area contributed by atoms with Gasteiger partial charge in [-0.15, -0.1) is 58.0 Å². The van der Waals surface area contributed by atoms with Crippen LogP contribution in [0, 0.1) is 27.4 Å². The number of nitrogen functional groups attached to an aromatic ring is 2. The topological polar surface area (TPSA) is 391 Å². The van der Waals surface area contributed by atoms with Gasteiger partial charge in [0.15, 0.2) is 0 Å². The molecule has 0 spiro atoms. The normalized spacial score (nSPS) is 11.8. The minimum atomic E-state index is -0.870. The average Bonchev–Trinajstić information content (AvgIpc) is 0.825. The van der Waals surface area contributed by atoms with Gasteiger partial charge in [0.25, 0.3) is 33.6 Å². The van der Waals surface area contributed by atoms with Crippen LogP contribution in [0.5, 0.6) is 0 Å². The summed E-state index contributed by atoms with van der Waals surface area (Å²) < 4.78 is 19.0. The van der Waals surface area contributed by atoms with Gasteiger partial charge in [0.2, 0.25) is 0 Å². The Bertz CT molecular complexity index is 4410. The van der Waals surface area contributed by atoms with E-state index in [1.807, 2.05) is 98.7 Å². The van der Waals surface area contributed by atoms with Crippen LogP contribution in [-0.4, -0.2) is 187 Å². The fourth-order valence-electron chi connectivity index (χ4n) is 12.6. The molecule has 6 rings (SSSR count). The van der Waals surface area contributed by atoms with Crippen molar-refractivity contribution < 1.29 is 67.5 Å². The molecule has 0 heterocycles. The number of anilines is 4. The van der Waals surface area contributed by atoms with Crippen molar-refractivity contribution in [3.8, 4) is 0 Å². The van der Waals surface area contributed by atoms with Gasteiger partial charge in [-0.3, -0.25) is 39.4 Å². The van der Waals surface area contributed by atoms with Crippen molar-refractivity contribution in [3.05, 3.63) is 193 Å². The van der Waals surface area contributed by atoms with Gasteiger partial charge in [0.1, 0.15) is 23.1 Å². The third kappa shape index (κ3) is 58.2. The van der Waals surface area contributed by atoms with Gasteiger partial charge in [-0.1, -0.05) is 148 Å². The van der Waals surface area contributed by atoms with E-state index in [1.54, 1.807) is 24.3 Å². The summed E-state index contributed by atoms with van der Waals surface area (Å²) in [5.74, 6) is 2.89. The summed E-state index contributed by atoms with van der Waals surface area (Å²) in [6.07, 6.45) is 4.95. The Hall–Kier alpha value is -6.45. The number of nitro benzene ring substituents is 2. The standard InChI is InChI=1S/C22H34BCl2N2O3.C18H28BN2O3.C17H26Cl2N2O2.C9H16BINO3.C9H10INO2.C9H12IN.C9H11NO2.C2H3ClO/c1-16(2)20-7-6-19(27(10-8-24)11-9-25)13-17(20)12-18(26-23-15-28)14-21(29)30-22(3,4)5;1-12(2)16-7-6-14(20)8-13(16)9-15(21-19-11-22)10-17(23)24-18(3,4)5;1-12(2)16-4-3-15(21(7-5-18)8-6-19)10-13(16)9-14(20)11-17(22)23;1-9(2,3)15-8(14)4-7(5-11)12-10-6-13;1-6(2)8-4-3-7(11(12)13)5-9(8)10;1-6(2)8-4-3-7(11)5-9(8)10;1-7(2)8-3-5-9(6-4-8)10(11)12;3-1-2-4/h6-7,13,15-16,18,26H,8-12,14H2,1-5H3;6-8,11-12,15,21H,9-10,20H2,1-5H3;3-4,10,12,14H,5-9,11,20H2,1-2H3,(H,22,23);6-7,12H,4-5H2,1-3H3;3-6H,1-2H3;3-6H,11H2,1-2H3;3-7H,1-2H3;2H,1H2/t18-;15-;14-;7-;;;;/m0001..../s1. The molecule has 0 bridgehead atoms. The number of nitro groups is 2. The van der Waals surface area contributed by atoms with Gasteiger partial charge in [-0.25, -0.2) is 0 Å². The second kappa shape index (κ2) is 69.4. The summed E-state index contributed by atoms with van der Waals surface area (Å²) in [5, 5.41) is 38.5. The van der Waals surface area contributed by atoms with Gasteiger partial charge < -0.3 is 81.2 Å². The number of carboxylic acid groups (broad SMARTS) is 1. The predicted molar refractivity (Wildman–Crippen MR) is 575 cm³/mol. The number of non-ortho nitro benzene ring substituents is 2. The number of alkyl halides is 6. The maximum atomic E-state index is 12.4. The largest absolute Gasteiger partial charge is 0.481 e. The third-order valence-corrected chi connectivity index (χ3v) is 22.2. The predicted octanol–water partition coefficient (Wildman–Crippen LogP) is 20.4. The summed E-state index contributed by atoms with van der Waals surface area (Å²) in [6.45, 7) is 44.7. The molecule has 0 unspecified atom stereocenters. The highest BCUT2D eigenvalue weighted by molar-refractivity contribution is 14.1. The Labute approximate surface area is 853 Å². The maximum absolute atomic E-state index is 12.4. The minimum absolute atomic E-state index is 0.0329. The van der Waals surface area contributed by atoms with Gasteiger partial charge in [-0.05, 0) is 261 Å². The second-order valence-electron chi connectivity index (χ2n) is 35.3. The highest BCUT2D eigenvalue weighted by Crippen LogP contribution is 2.32. The zero-order valence-corrected chi connectivity index (χ0v) is 90.7. The van der Waals surface area contributed by atoms with E-state index in [0.717, 1.165) is 66.0 Å². The average molecular weight is 2270 g/mol. The first kappa shape index (κ1) is 128. The summed E-state index contributed by atoms with van der Waals surface area (Å²) in [5.41, 5.74) is 30.5. The molecule has 0 saturated carbocycles. The Balaban J connectivity index is 0. The number of hydrogen-bond acceptors (Lipinski definition) is 23. The SMILES string of the molecule is CC(C)(C)OC(=O)C[C@H](CI)N[B]C=O.CC(C)c1ccc(N(CCCl)CCCl)cc1C[C@@H](CC(=O)OC(C)(C)C)N[B]C=O.CC(C)c1ccc(N(CCCl)CCCl)cc1C[C@H](N)CC(=O)O.CC(C)c1ccc(N)cc1C[C@@H](CC(=O)OC(C)(C)C)N[B]C=O.CC(C)c1ccc(N)cc1I.CC(C)c1ccc([N+](=O)[O-])cc1.CC(C)c1ccc([N+](=O)[O-])cc1I.O=CCCl. The van der Waals surface area contributed by atoms with Crippen molar-refractivity contribution in [1.82, 2.24) is 15.7 Å². The van der Waals surface area contributed by atoms with Crippen LogP contribution in [0.2, 0.25) is 0 Å². The van der Waals surface area contributed by atoms with Crippen LogP contribution in [0.1, 0.15) is 257 Å². The number of carbonyl (C=O) groups excluding carboxylic acids is 7. The van der Waals surface area contributed by atoms with Crippen molar-refractivity contribution in [1.29, 1.82) is 0 Å². The molecule has 0 aliphatic carbocycles. The van der Waals surface area contributed by atoms with E-state index in [9.17, 15) is 53.8 Å². The van der Waals surface area contributed by atoms with E-state index in [2.05, 4.69) is 219 Å². The number of carboxylic acids is 1. The van der Waals surface area contributed by atoms with Crippen LogP contribution < -0.4 is 42.7 Å². The van der Waals surface area contributed by atoms with Crippen LogP contribution in [-0.2, 0) is 71.8 Å². The number of hydrogen-bond donors (Lipinski definition) is 7. The molecule has 6 aromatic rings. The van der Waals surface area contributed by atoms with Gasteiger partial charge in [0, 0.05) is 132 Å². The molecular formula is C95H140B3Cl5I3N10O16. The van der Waals surface area contributed by atoms with Crippen LogP contribution in [0.25, 0.3) is 0 Å². The quantitative estimate of drug-likeness (QED) is 0.00215. The number of aliphatic carboxylic acids is 1. The first-order valence-corrected chi connectivity index (χ1v) is 49.9. The molecule has 0 aromatic heterocycles. The molecular weight excluding hydrogens is 2130 g/mol. The number of esters is 3. The van der Waals surface area contributed by atoms with Crippen molar-refractivity contribution in [2.24, 2.45) is 5.73 Å². The summed E-state index contributed by atoms with van der Waals surface area (Å²) in [6, 6.07) is 35.2. The number of aldehydes is 1. The molecule has 132 heavy (non-hydrogen) atoms. The second-order valence-corrected chi connectivity index (χ2v) is 40.3. The molecule has 37 heteroatoms. The molecule has 26 nitrogen and oxygen atoms in total. The van der Waals surface area contributed by atoms with E-state index in [-0.39, 0.29) is 88.8 Å². The van der Waals surface area contributed by atoms with Crippen molar-refractivity contribution in [3.63, 3.8) is 0 Å². The van der Waals surface area contributed by atoms with Crippen LogP contribution >= 0.6 is 126 Å². The Kier molecular flexibility index (Phi) is 67.1. The first-order chi connectivity index (χ1) is 61.6. The fraction of sp³-hybridized carbons (Fsp3) is 0.537. The number of nitrogens with two attached hydrogens (primary N) is 3. The first-order valence-electron chi connectivity index (χ1n) is 43.5. The van der Waals surface area contributed by atoms with Gasteiger partial charge in [0.05, 0.1) is 60.0 Å². The molecule has 0 amide bonds. The lowest BCUT2D eigenvalue weighted by atomic mass is 9.88. The van der Waals surface area contributed by atoms with E-state index in [1.165, 1.54) is 60.2 Å². The zero-order chi connectivity index (χ0) is 101. The van der Waals surface area contributed by atoms with Crippen LogP contribution in [0.3, 0.4) is 0 Å². The van der Waals surface area contributed by atoms with Gasteiger partial charge >= 0.3 is 23.9 Å². The van der Waals surface area contributed by atoms with Crippen molar-refractivity contribution >= 4 is 231 Å². The Morgan fingerprint density at radius 2 is 0.750 bits per heavy atom. The Morgan fingerprint density at radius 3 is 1.05 bits per heavy atom. The summed E-state index contributed by atoms with van der Waals surface area (Å²) in [7, 11) is 3.95. The molecule has 731 valence electrons. The molecule has 4 atom stereocenters. The number of nitrogens with one attached hydrogen (secondary N) is 3. The number of benzene rings is 6. The number of carbonyl (C=O) groups is 8. The monoisotopic (exact) mass is 2270 g/mol. The Morgan fingerprint density at radius 1 is 0.447 bits per heavy atom. The smallest absolute Gasteiger partial charge is 0.307 e. The molecule has 0 saturated heterocycles. The lowest BCUT2D eigenvalue weighted by molar-refractivity contribution is -0.385. The molecule has 10 N–H and O–H groups in total. The van der Waals surface area contributed by atoms with Crippen molar-refractivity contribution in [2.75, 3.05) is 81.3 Å². The summed E-state index contributed by atoms with van der Waals surface area (Å²) >= 11 is 35.1. The van der Waals surface area contributed by atoms with Crippen molar-refractivity contribution in [2.45, 2.75) is 267 Å². The van der Waals surface area contributed by atoms with E-state index >= 15 is 0 Å². The maximum Gasteiger partial charge on any atom is 0.307 e. The van der Waals surface area contributed by atoms with Crippen LogP contribution in [0.4, 0.5) is 34.1 Å². The van der Waals surface area contributed by atoms with Crippen LogP contribution in [0.15, 0.2) is 115 Å². The van der Waals surface area contributed by atoms with Gasteiger partial charge in [-0.2, -0.15) is 0 Å². The minimum Gasteiger partial charge on any atom is -0.481 e. The molecule has 3 radical (unpaired) electrons. The molecule has 0 aliphatic heterocycles. The highest BCUT2D eigenvalue weighted by atomic mass is 127. The molecule has 6 aromatic carbocycles. The van der Waals surface area contributed by atoms with E-state index < -0.39 is 28.8 Å².